The van der Waals surface area contributed by atoms with Crippen LogP contribution in [0.4, 0.5) is 0 Å². The van der Waals surface area contributed by atoms with Crippen LogP contribution in [0.5, 0.6) is 0 Å². The molecule has 15 heavy (non-hydrogen) atoms. The molecule has 0 fully saturated rings. The van der Waals surface area contributed by atoms with Crippen molar-refractivity contribution < 1.29 is 4.57 Å². The summed E-state index contributed by atoms with van der Waals surface area (Å²) in [4.78, 5) is 0. The summed E-state index contributed by atoms with van der Waals surface area (Å²) in [6, 6.07) is 12.8. The molecule has 2 aromatic rings. The highest BCUT2D eigenvalue weighted by Crippen LogP contribution is 2.22. The zero-order chi connectivity index (χ0) is 10.8. The van der Waals surface area contributed by atoms with Gasteiger partial charge in [0.25, 0.3) is 0 Å². The Bertz CT molecular complexity index is 492. The predicted molar refractivity (Wildman–Crippen MR) is 70.5 cm³/mol. The Morgan fingerprint density at radius 1 is 1.13 bits per heavy atom. The Hall–Kier alpha value is -0.900. The number of benzene rings is 1. The number of aryl methyl sites for hydroxylation is 2. The van der Waals surface area contributed by atoms with E-state index in [0.29, 0.717) is 0 Å². The van der Waals surface area contributed by atoms with E-state index in [-0.39, 0.29) is 0 Å². The van der Waals surface area contributed by atoms with E-state index >= 15 is 0 Å². The Kier molecular flexibility index (Phi) is 3.05. The lowest BCUT2D eigenvalue weighted by Crippen LogP contribution is -2.30. The lowest BCUT2D eigenvalue weighted by atomic mass is 10.1. The second-order valence-electron chi connectivity index (χ2n) is 3.66. The van der Waals surface area contributed by atoms with Crippen molar-refractivity contribution in [2.45, 2.75) is 6.92 Å². The Morgan fingerprint density at radius 3 is 2.67 bits per heavy atom. The first kappa shape index (κ1) is 10.6. The van der Waals surface area contributed by atoms with Gasteiger partial charge in [-0.3, -0.25) is 0 Å². The van der Waals surface area contributed by atoms with Crippen molar-refractivity contribution in [3.05, 3.63) is 51.7 Å². The largest absolute Gasteiger partial charge is 0.212 e. The summed E-state index contributed by atoms with van der Waals surface area (Å²) in [6.45, 7) is 2.15. The second kappa shape index (κ2) is 4.31. The molecule has 0 bridgehead atoms. The van der Waals surface area contributed by atoms with Crippen molar-refractivity contribution in [1.82, 2.24) is 0 Å². The van der Waals surface area contributed by atoms with E-state index in [4.69, 9.17) is 0 Å². The molecule has 76 valence electrons. The molecule has 1 nitrogen and oxygen atoms in total. The molecule has 1 heterocycles. The van der Waals surface area contributed by atoms with Crippen molar-refractivity contribution in [3.63, 3.8) is 0 Å². The molecule has 0 amide bonds. The molecule has 0 radical (unpaired) electrons. The molecule has 2 heteroatoms. The molecule has 0 spiro atoms. The quantitative estimate of drug-likeness (QED) is 0.563. The first-order chi connectivity index (χ1) is 7.18. The van der Waals surface area contributed by atoms with Crippen LogP contribution in [0.25, 0.3) is 11.3 Å². The smallest absolute Gasteiger partial charge is 0.201 e. The van der Waals surface area contributed by atoms with Gasteiger partial charge in [-0.05, 0) is 53.3 Å². The number of hydrogen-bond donors (Lipinski definition) is 0. The third kappa shape index (κ3) is 2.20. The van der Waals surface area contributed by atoms with Crippen LogP contribution in [-0.4, -0.2) is 0 Å². The van der Waals surface area contributed by atoms with E-state index in [1.54, 1.807) is 0 Å². The molecule has 0 atom stereocenters. The van der Waals surface area contributed by atoms with E-state index in [0.717, 1.165) is 0 Å². The van der Waals surface area contributed by atoms with Gasteiger partial charge < -0.3 is 0 Å². The van der Waals surface area contributed by atoms with Crippen LogP contribution in [0, 0.1) is 10.5 Å². The topological polar surface area (TPSA) is 3.88 Å². The molecule has 1 aromatic heterocycles. The van der Waals surface area contributed by atoms with Gasteiger partial charge >= 0.3 is 0 Å². The fraction of sp³-hybridized carbons (Fsp3) is 0.154. The minimum Gasteiger partial charge on any atom is -0.201 e. The molecule has 0 aliphatic rings. The fourth-order valence-corrected chi connectivity index (χ4v) is 2.16. The Labute approximate surface area is 104 Å². The van der Waals surface area contributed by atoms with Crippen LogP contribution in [-0.2, 0) is 7.05 Å². The average Bonchev–Trinajstić information content (AvgIpc) is 2.23. The van der Waals surface area contributed by atoms with Gasteiger partial charge in [0, 0.05) is 15.7 Å². The lowest BCUT2D eigenvalue weighted by molar-refractivity contribution is -0.660. The van der Waals surface area contributed by atoms with Crippen LogP contribution in [0.2, 0.25) is 0 Å². The van der Waals surface area contributed by atoms with Gasteiger partial charge in [0.15, 0.2) is 6.20 Å². The predicted octanol–water partition coefficient (Wildman–Crippen LogP) is 3.09. The third-order valence-corrected chi connectivity index (χ3v) is 3.20. The molecule has 1 aromatic carbocycles. The molecule has 0 N–H and O–H groups in total. The molecule has 0 aliphatic heterocycles. The van der Waals surface area contributed by atoms with Crippen molar-refractivity contribution in [2.75, 3.05) is 0 Å². The summed E-state index contributed by atoms with van der Waals surface area (Å²) in [5, 5.41) is 0. The van der Waals surface area contributed by atoms with Crippen LogP contribution in [0.3, 0.4) is 0 Å². The number of hydrogen-bond acceptors (Lipinski definition) is 0. The Balaban J connectivity index is 2.64. The van der Waals surface area contributed by atoms with Crippen LogP contribution >= 0.6 is 22.6 Å². The van der Waals surface area contributed by atoms with E-state index in [1.807, 2.05) is 6.07 Å². The van der Waals surface area contributed by atoms with Gasteiger partial charge in [-0.2, -0.15) is 0 Å². The van der Waals surface area contributed by atoms with Crippen molar-refractivity contribution in [1.29, 1.82) is 0 Å². The van der Waals surface area contributed by atoms with E-state index in [1.165, 1.54) is 20.4 Å². The van der Waals surface area contributed by atoms with Crippen LogP contribution < -0.4 is 4.57 Å². The SMILES string of the molecule is Cc1ccc(I)cc1-c1cccc[n+]1C. The van der Waals surface area contributed by atoms with Crippen LogP contribution in [0.1, 0.15) is 5.56 Å². The van der Waals surface area contributed by atoms with E-state index in [2.05, 4.69) is 77.7 Å². The highest BCUT2D eigenvalue weighted by atomic mass is 127. The monoisotopic (exact) mass is 310 g/mol. The van der Waals surface area contributed by atoms with Gasteiger partial charge in [-0.15, -0.1) is 0 Å². The maximum Gasteiger partial charge on any atom is 0.212 e. The van der Waals surface area contributed by atoms with Gasteiger partial charge in [0.1, 0.15) is 7.05 Å². The normalized spacial score (nSPS) is 10.3. The van der Waals surface area contributed by atoms with Crippen molar-refractivity contribution in [2.24, 2.45) is 7.05 Å². The average molecular weight is 310 g/mol. The summed E-state index contributed by atoms with van der Waals surface area (Å²) in [5.74, 6) is 0. The highest BCUT2D eigenvalue weighted by Gasteiger charge is 2.10. The highest BCUT2D eigenvalue weighted by molar-refractivity contribution is 14.1. The fourth-order valence-electron chi connectivity index (χ4n) is 1.67. The Morgan fingerprint density at radius 2 is 1.93 bits per heavy atom. The summed E-state index contributed by atoms with van der Waals surface area (Å²) in [7, 11) is 2.08. The molecule has 0 unspecified atom stereocenters. The molecular weight excluding hydrogens is 297 g/mol. The minimum absolute atomic E-state index is 1.26. The summed E-state index contributed by atoms with van der Waals surface area (Å²) in [5.41, 5.74) is 3.88. The molecule has 2 rings (SSSR count). The standard InChI is InChI=1S/C13H13IN/c1-10-6-7-11(14)9-12(10)13-5-3-4-8-15(13)2/h3-9H,1-2H3/q+1. The van der Waals surface area contributed by atoms with Crippen molar-refractivity contribution in [3.8, 4) is 11.3 Å². The summed E-state index contributed by atoms with van der Waals surface area (Å²) < 4.78 is 3.43. The molecule has 0 aliphatic carbocycles. The van der Waals surface area contributed by atoms with Gasteiger partial charge in [0.05, 0.1) is 5.56 Å². The minimum atomic E-state index is 1.26. The van der Waals surface area contributed by atoms with Gasteiger partial charge in [0.2, 0.25) is 5.69 Å². The zero-order valence-corrected chi connectivity index (χ0v) is 11.0. The molecular formula is C13H13IN+. The zero-order valence-electron chi connectivity index (χ0n) is 8.87. The summed E-state index contributed by atoms with van der Waals surface area (Å²) >= 11 is 2.35. The molecule has 0 saturated heterocycles. The first-order valence-electron chi connectivity index (χ1n) is 4.89. The number of pyridine rings is 1. The third-order valence-electron chi connectivity index (χ3n) is 2.53. The van der Waals surface area contributed by atoms with Crippen molar-refractivity contribution >= 4 is 22.6 Å². The summed E-state index contributed by atoms with van der Waals surface area (Å²) in [6.07, 6.45) is 2.08. The maximum atomic E-state index is 2.35. The lowest BCUT2D eigenvalue weighted by Gasteiger charge is -2.04. The van der Waals surface area contributed by atoms with E-state index in [9.17, 15) is 0 Å². The number of aromatic nitrogens is 1. The second-order valence-corrected chi connectivity index (χ2v) is 4.90. The number of nitrogens with zero attached hydrogens (tertiary/aromatic N) is 1. The van der Waals surface area contributed by atoms with Gasteiger partial charge in [-0.25, -0.2) is 4.57 Å². The van der Waals surface area contributed by atoms with E-state index < -0.39 is 0 Å². The van der Waals surface area contributed by atoms with Gasteiger partial charge in [-0.1, -0.05) is 6.07 Å². The van der Waals surface area contributed by atoms with Crippen LogP contribution in [0.15, 0.2) is 42.6 Å². The first-order valence-corrected chi connectivity index (χ1v) is 5.97. The molecule has 0 saturated carbocycles. The maximum absolute atomic E-state index is 2.35. The number of rotatable bonds is 1. The number of halogens is 1.